The van der Waals surface area contributed by atoms with Crippen LogP contribution in [0.25, 0.3) is 10.4 Å². The Bertz CT molecular complexity index is 1270. The normalized spacial score (nSPS) is 19.5. The summed E-state index contributed by atoms with van der Waals surface area (Å²) in [5, 5.41) is 3.38. The summed E-state index contributed by atoms with van der Waals surface area (Å²) in [6.45, 7) is 2.47. The lowest BCUT2D eigenvalue weighted by Gasteiger charge is -2.43. The molecule has 3 aromatic rings. The molecule has 198 valence electrons. The first-order valence-corrected chi connectivity index (χ1v) is 12.1. The van der Waals surface area contributed by atoms with Gasteiger partial charge in [-0.25, -0.2) is 23.7 Å². The number of hydrogen-bond acceptors (Lipinski definition) is 7. The minimum absolute atomic E-state index is 0.0358. The first kappa shape index (κ1) is 26.7. The molecule has 2 atom stereocenters. The standard InChI is InChI=1S/C24H24F5N5O2S/c1-13-8-23(25,26)12-34(18(13)11-32-22-30-9-16(10-31-22)24(27,28)29)21(35)19-20(37-14(2)33-19)15-5-4-6-17(7-15)36-3/h4-7,9-10,13,18H,8,11-12H2,1-3H3,(H,30,31,32). The van der Waals surface area contributed by atoms with E-state index in [0.29, 0.717) is 33.6 Å². The van der Waals surface area contributed by atoms with Gasteiger partial charge < -0.3 is 15.0 Å². The van der Waals surface area contributed by atoms with E-state index in [9.17, 15) is 26.7 Å². The number of carbonyl (C=O) groups is 1. The molecule has 0 bridgehead atoms. The van der Waals surface area contributed by atoms with Crippen molar-refractivity contribution in [2.45, 2.75) is 38.4 Å². The molecule has 1 fully saturated rings. The maximum Gasteiger partial charge on any atom is 0.419 e. The maximum atomic E-state index is 14.6. The van der Waals surface area contributed by atoms with Gasteiger partial charge in [-0.1, -0.05) is 19.1 Å². The molecule has 2 unspecified atom stereocenters. The zero-order valence-corrected chi connectivity index (χ0v) is 21.0. The summed E-state index contributed by atoms with van der Waals surface area (Å²) in [6.07, 6.45) is -3.77. The lowest BCUT2D eigenvalue weighted by atomic mass is 9.88. The highest BCUT2D eigenvalue weighted by molar-refractivity contribution is 7.15. The van der Waals surface area contributed by atoms with Crippen molar-refractivity contribution >= 4 is 23.2 Å². The number of methoxy groups -OCH3 is 1. The quantitative estimate of drug-likeness (QED) is 0.413. The average molecular weight is 542 g/mol. The van der Waals surface area contributed by atoms with Crippen molar-refractivity contribution in [3.8, 4) is 16.2 Å². The summed E-state index contributed by atoms with van der Waals surface area (Å²) < 4.78 is 72.9. The van der Waals surface area contributed by atoms with Crippen LogP contribution in [-0.4, -0.2) is 57.9 Å². The number of aromatic nitrogens is 3. The summed E-state index contributed by atoms with van der Waals surface area (Å²) in [7, 11) is 1.51. The number of hydrogen-bond donors (Lipinski definition) is 1. The predicted molar refractivity (Wildman–Crippen MR) is 128 cm³/mol. The second-order valence-corrected chi connectivity index (χ2v) is 10.1. The molecule has 7 nitrogen and oxygen atoms in total. The highest BCUT2D eigenvalue weighted by Gasteiger charge is 2.47. The number of thiazole rings is 1. The summed E-state index contributed by atoms with van der Waals surface area (Å²) in [5.41, 5.74) is -0.293. The molecule has 4 rings (SSSR count). The van der Waals surface area contributed by atoms with Crippen LogP contribution in [0.5, 0.6) is 5.75 Å². The number of likely N-dealkylation sites (tertiary alicyclic amines) is 1. The van der Waals surface area contributed by atoms with Gasteiger partial charge in [-0.05, 0) is 30.5 Å². The molecular formula is C24H24F5N5O2S. The van der Waals surface area contributed by atoms with E-state index in [2.05, 4.69) is 20.3 Å². The second kappa shape index (κ2) is 10.2. The molecule has 3 heterocycles. The van der Waals surface area contributed by atoms with E-state index in [1.807, 2.05) is 0 Å². The number of nitrogens with one attached hydrogen (secondary N) is 1. The zero-order valence-electron chi connectivity index (χ0n) is 20.1. The number of piperidine rings is 1. The van der Waals surface area contributed by atoms with Crippen molar-refractivity contribution in [3.05, 3.63) is 52.9 Å². The Morgan fingerprint density at radius 1 is 1.27 bits per heavy atom. The van der Waals surface area contributed by atoms with Gasteiger partial charge in [0.15, 0.2) is 0 Å². The molecule has 0 radical (unpaired) electrons. The first-order valence-electron chi connectivity index (χ1n) is 11.3. The van der Waals surface area contributed by atoms with E-state index in [4.69, 9.17) is 4.74 Å². The van der Waals surface area contributed by atoms with Crippen LogP contribution >= 0.6 is 11.3 Å². The predicted octanol–water partition coefficient (Wildman–Crippen LogP) is 5.53. The zero-order chi connectivity index (χ0) is 27.0. The lowest BCUT2D eigenvalue weighted by Crippen LogP contribution is -2.57. The van der Waals surface area contributed by atoms with Crippen molar-refractivity contribution in [3.63, 3.8) is 0 Å². The van der Waals surface area contributed by atoms with Crippen molar-refractivity contribution in [1.29, 1.82) is 0 Å². The van der Waals surface area contributed by atoms with E-state index >= 15 is 0 Å². The van der Waals surface area contributed by atoms with Crippen LogP contribution in [0.1, 0.15) is 34.4 Å². The summed E-state index contributed by atoms with van der Waals surface area (Å²) in [5.74, 6) is -3.94. The number of amides is 1. The molecule has 1 N–H and O–H groups in total. The topological polar surface area (TPSA) is 80.2 Å². The molecule has 0 spiro atoms. The first-order chi connectivity index (χ1) is 17.4. The van der Waals surface area contributed by atoms with E-state index in [-0.39, 0.29) is 18.2 Å². The number of halogens is 5. The number of anilines is 1. The van der Waals surface area contributed by atoms with Gasteiger partial charge in [0.2, 0.25) is 5.95 Å². The summed E-state index contributed by atoms with van der Waals surface area (Å²) >= 11 is 1.27. The molecular weight excluding hydrogens is 517 g/mol. The molecule has 37 heavy (non-hydrogen) atoms. The third-order valence-corrected chi connectivity index (χ3v) is 7.08. The van der Waals surface area contributed by atoms with Gasteiger partial charge >= 0.3 is 6.18 Å². The smallest absolute Gasteiger partial charge is 0.419 e. The van der Waals surface area contributed by atoms with Crippen molar-refractivity contribution < 1.29 is 31.5 Å². The number of benzene rings is 1. The maximum absolute atomic E-state index is 14.6. The molecule has 1 aliphatic rings. The highest BCUT2D eigenvalue weighted by Crippen LogP contribution is 2.38. The second-order valence-electron chi connectivity index (χ2n) is 8.85. The van der Waals surface area contributed by atoms with Crippen LogP contribution in [0.4, 0.5) is 27.9 Å². The Morgan fingerprint density at radius 3 is 2.62 bits per heavy atom. The van der Waals surface area contributed by atoms with Crippen LogP contribution in [0.3, 0.4) is 0 Å². The van der Waals surface area contributed by atoms with Gasteiger partial charge in [-0.3, -0.25) is 4.79 Å². The van der Waals surface area contributed by atoms with Crippen molar-refractivity contribution in [1.82, 2.24) is 19.9 Å². The molecule has 1 amide bonds. The van der Waals surface area contributed by atoms with E-state index in [1.54, 1.807) is 38.1 Å². The van der Waals surface area contributed by atoms with Crippen molar-refractivity contribution in [2.75, 3.05) is 25.5 Å². The SMILES string of the molecule is COc1cccc(-c2sc(C)nc2C(=O)N2CC(F)(F)CC(C)C2CNc2ncc(C(F)(F)F)cn2)c1. The summed E-state index contributed by atoms with van der Waals surface area (Å²) in [4.78, 5) is 27.0. The van der Waals surface area contributed by atoms with Crippen LogP contribution in [0.2, 0.25) is 0 Å². The molecule has 0 aliphatic carbocycles. The van der Waals surface area contributed by atoms with Gasteiger partial charge in [0.1, 0.15) is 11.4 Å². The van der Waals surface area contributed by atoms with Crippen molar-refractivity contribution in [2.24, 2.45) is 5.92 Å². The Labute approximate surface area is 213 Å². The molecule has 1 aromatic carbocycles. The van der Waals surface area contributed by atoms with Gasteiger partial charge in [-0.2, -0.15) is 13.2 Å². The number of rotatable bonds is 6. The van der Waals surface area contributed by atoms with Crippen LogP contribution < -0.4 is 10.1 Å². The van der Waals surface area contributed by atoms with Crippen LogP contribution in [0, 0.1) is 12.8 Å². The van der Waals surface area contributed by atoms with E-state index in [0.717, 1.165) is 4.90 Å². The Hall–Kier alpha value is -3.35. The minimum atomic E-state index is -4.59. The highest BCUT2D eigenvalue weighted by atomic mass is 32.1. The van der Waals surface area contributed by atoms with E-state index < -0.39 is 48.5 Å². The molecule has 0 saturated carbocycles. The van der Waals surface area contributed by atoms with Gasteiger partial charge in [0.05, 0.1) is 35.1 Å². The third kappa shape index (κ3) is 5.97. The van der Waals surface area contributed by atoms with Crippen LogP contribution in [-0.2, 0) is 6.18 Å². The minimum Gasteiger partial charge on any atom is -0.497 e. The van der Waals surface area contributed by atoms with Gasteiger partial charge in [0.25, 0.3) is 11.8 Å². The third-order valence-electron chi connectivity index (χ3n) is 6.06. The monoisotopic (exact) mass is 541 g/mol. The largest absolute Gasteiger partial charge is 0.497 e. The van der Waals surface area contributed by atoms with E-state index in [1.165, 1.54) is 18.4 Å². The molecule has 2 aromatic heterocycles. The number of alkyl halides is 5. The van der Waals surface area contributed by atoms with Gasteiger partial charge in [-0.15, -0.1) is 11.3 Å². The number of nitrogens with zero attached hydrogens (tertiary/aromatic N) is 4. The number of ether oxygens (including phenoxy) is 1. The average Bonchev–Trinajstić information content (AvgIpc) is 3.23. The fourth-order valence-electron chi connectivity index (χ4n) is 4.31. The van der Waals surface area contributed by atoms with Crippen LogP contribution in [0.15, 0.2) is 36.7 Å². The fourth-order valence-corrected chi connectivity index (χ4v) is 5.22. The summed E-state index contributed by atoms with van der Waals surface area (Å²) in [6, 6.07) is 6.30. The Morgan fingerprint density at radius 2 is 1.97 bits per heavy atom. The number of aryl methyl sites for hydroxylation is 1. The molecule has 13 heteroatoms. The Balaban J connectivity index is 1.62. The molecule has 1 aliphatic heterocycles. The number of carbonyl (C=O) groups excluding carboxylic acids is 1. The van der Waals surface area contributed by atoms with Gasteiger partial charge in [0, 0.05) is 25.4 Å². The molecule has 1 saturated heterocycles. The fraction of sp³-hybridized carbons (Fsp3) is 0.417. The Kier molecular flexibility index (Phi) is 7.36. The lowest BCUT2D eigenvalue weighted by molar-refractivity contribution is -0.138.